The van der Waals surface area contributed by atoms with Crippen LogP contribution in [0.3, 0.4) is 0 Å². The van der Waals surface area contributed by atoms with E-state index in [2.05, 4.69) is 33.9 Å². The summed E-state index contributed by atoms with van der Waals surface area (Å²) < 4.78 is 0. The first-order valence-electron chi connectivity index (χ1n) is 31.2. The van der Waals surface area contributed by atoms with E-state index in [1.54, 1.807) is 60.6 Å². The summed E-state index contributed by atoms with van der Waals surface area (Å²) in [5.74, 6) is -10.2. The van der Waals surface area contributed by atoms with Crippen LogP contribution >= 0.6 is 12.6 Å². The van der Waals surface area contributed by atoms with Gasteiger partial charge in [-0.2, -0.15) is 12.6 Å². The number of aliphatic hydroxyl groups excluding tert-OH is 1. The normalized spacial score (nSPS) is 27.4. The lowest BCUT2D eigenvalue weighted by atomic mass is 9.91. The molecule has 0 aromatic heterocycles. The standard InChI is InChI=1S/C63H113N11O12S/c1-25-27-28-40(15)52(75)51-56(79)66-43(26-2)58(81)72(22)48(33-87)61(84)68(18)45(30-35(5)6)55(78)67-49(38(11)12)62(85)69(19)44(29-34(3)4)54(77)64-41(16)53(76)65-42(17)57(80)70(20)46(31-36(7)8)59(82)71(21)47(32-37(9)10)60(83)73(23)50(39(13)14)63(86)74(51)24/h25,27,34-52,75,87H,26,28-33H2,1-24H3,(H,64,77)(H,65,76)(H,66,79)(H,67,78)/t40-,41-,42+,43-,44-,45+,46-,47-,48-,49-,50-,51-,52-/m1/s1. The van der Waals surface area contributed by atoms with E-state index >= 15 is 9.59 Å². The third kappa shape index (κ3) is 21.8. The lowest BCUT2D eigenvalue weighted by Gasteiger charge is -2.41. The van der Waals surface area contributed by atoms with Crippen molar-refractivity contribution in [3.8, 4) is 0 Å². The van der Waals surface area contributed by atoms with Crippen molar-refractivity contribution < 1.29 is 57.8 Å². The number of thiol groups is 1. The summed E-state index contributed by atoms with van der Waals surface area (Å²) in [5.41, 5.74) is 0. The van der Waals surface area contributed by atoms with Crippen LogP contribution in [0, 0.1) is 41.4 Å². The van der Waals surface area contributed by atoms with E-state index in [4.69, 9.17) is 0 Å². The van der Waals surface area contributed by atoms with Gasteiger partial charge in [0.1, 0.15) is 66.5 Å². The number of hydrogen-bond donors (Lipinski definition) is 6. The fourth-order valence-electron chi connectivity index (χ4n) is 11.0. The van der Waals surface area contributed by atoms with E-state index in [1.165, 1.54) is 87.7 Å². The predicted octanol–water partition coefficient (Wildman–Crippen LogP) is 3.57. The second-order valence-electron chi connectivity index (χ2n) is 26.5. The largest absolute Gasteiger partial charge is 0.390 e. The van der Waals surface area contributed by atoms with Crippen LogP contribution in [0.2, 0.25) is 0 Å². The molecule has 1 fully saturated rings. The summed E-state index contributed by atoms with van der Waals surface area (Å²) in [6, 6.07) is -13.8. The fraction of sp³-hybridized carbons (Fsp3) is 0.794. The van der Waals surface area contributed by atoms with Crippen molar-refractivity contribution in [3.05, 3.63) is 12.2 Å². The Hall–Kier alpha value is -5.78. The number of nitrogens with one attached hydrogen (secondary N) is 4. The molecule has 1 aliphatic heterocycles. The number of rotatable bonds is 16. The number of aliphatic hydroxyl groups is 1. The minimum absolute atomic E-state index is 0.00561. The van der Waals surface area contributed by atoms with E-state index in [0.717, 1.165) is 9.80 Å². The zero-order valence-corrected chi connectivity index (χ0v) is 58.0. The van der Waals surface area contributed by atoms with Gasteiger partial charge in [0.2, 0.25) is 65.0 Å². The maximum atomic E-state index is 15.2. The van der Waals surface area contributed by atoms with Crippen LogP contribution < -0.4 is 21.3 Å². The van der Waals surface area contributed by atoms with Crippen LogP contribution in [-0.2, 0) is 52.7 Å². The zero-order chi connectivity index (χ0) is 67.6. The highest BCUT2D eigenvalue weighted by molar-refractivity contribution is 7.80. The second-order valence-corrected chi connectivity index (χ2v) is 26.9. The van der Waals surface area contributed by atoms with Crippen LogP contribution in [0.15, 0.2) is 12.2 Å². The Kier molecular flexibility index (Phi) is 32.8. The molecule has 0 spiro atoms. The van der Waals surface area contributed by atoms with Gasteiger partial charge in [-0.25, -0.2) is 0 Å². The van der Waals surface area contributed by atoms with Gasteiger partial charge in [-0.1, -0.05) is 109 Å². The molecule has 13 atom stereocenters. The third-order valence-electron chi connectivity index (χ3n) is 16.6. The van der Waals surface area contributed by atoms with E-state index in [0.29, 0.717) is 6.42 Å². The second kappa shape index (κ2) is 36.0. The van der Waals surface area contributed by atoms with Crippen LogP contribution in [0.25, 0.3) is 0 Å². The smallest absolute Gasteiger partial charge is 0.246 e. The summed E-state index contributed by atoms with van der Waals surface area (Å²) in [6.07, 6.45) is 2.93. The first kappa shape index (κ1) is 79.2. The minimum atomic E-state index is -1.63. The molecule has 1 saturated heterocycles. The molecule has 0 aliphatic carbocycles. The van der Waals surface area contributed by atoms with Gasteiger partial charge in [0, 0.05) is 55.1 Å². The van der Waals surface area contributed by atoms with Crippen molar-refractivity contribution in [2.24, 2.45) is 41.4 Å². The minimum Gasteiger partial charge on any atom is -0.390 e. The quantitative estimate of drug-likeness (QED) is 0.0957. The highest BCUT2D eigenvalue weighted by Gasteiger charge is 2.46. The average Bonchev–Trinajstić information content (AvgIpc) is 1.23. The van der Waals surface area contributed by atoms with Crippen molar-refractivity contribution in [3.63, 3.8) is 0 Å². The number of likely N-dealkylation sites (N-methyl/N-ethyl adjacent to an activating group) is 7. The van der Waals surface area contributed by atoms with Crippen molar-refractivity contribution in [1.82, 2.24) is 55.6 Å². The number of carbonyl (C=O) groups is 11. The summed E-state index contributed by atoms with van der Waals surface area (Å²) in [6.45, 7) is 29.8. The van der Waals surface area contributed by atoms with Gasteiger partial charge in [-0.15, -0.1) is 0 Å². The lowest BCUT2D eigenvalue weighted by molar-refractivity contribution is -0.157. The average molecular weight is 1250 g/mol. The highest BCUT2D eigenvalue weighted by Crippen LogP contribution is 2.26. The monoisotopic (exact) mass is 1250 g/mol. The number of carbonyl (C=O) groups excluding carboxylic acids is 11. The maximum absolute atomic E-state index is 15.2. The van der Waals surface area contributed by atoms with E-state index in [-0.39, 0.29) is 61.5 Å². The number of amides is 11. The SMILES string of the molecule is CC=CC[C@@H](C)[C@@H](O)[C@@H]1C(=O)N[C@H](CC)C(=O)N(C)[C@H](CS)C(=O)N(C)[C@@H](CC(C)C)C(=O)N[C@H](C(C)C)C(=O)N(C)[C@H](CC(C)C)C(=O)N[C@H](C)C(=O)N[C@@H](C)C(=O)N(C)[C@H](CC(C)C)C(=O)N(C)[C@H](CC(C)C)C(=O)N(C)[C@H](C(C)C)C(=O)N1C. The van der Waals surface area contributed by atoms with Crippen molar-refractivity contribution in [2.75, 3.05) is 55.1 Å². The van der Waals surface area contributed by atoms with Crippen LogP contribution in [0.4, 0.5) is 0 Å². The molecular weight excluding hydrogens is 1130 g/mol. The van der Waals surface area contributed by atoms with Crippen molar-refractivity contribution in [1.29, 1.82) is 0 Å². The van der Waals surface area contributed by atoms with Crippen molar-refractivity contribution >= 4 is 77.6 Å². The topological polar surface area (TPSA) is 279 Å². The Balaban J connectivity index is 4.41. The van der Waals surface area contributed by atoms with E-state index in [9.17, 15) is 48.3 Å². The molecule has 1 heterocycles. The lowest BCUT2D eigenvalue weighted by Crippen LogP contribution is -2.64. The Labute approximate surface area is 526 Å². The van der Waals surface area contributed by atoms with E-state index in [1.807, 2.05) is 55.4 Å². The molecule has 1 rings (SSSR count). The van der Waals surface area contributed by atoms with Crippen LogP contribution in [-0.4, -0.2) is 232 Å². The zero-order valence-electron chi connectivity index (χ0n) is 57.1. The molecule has 24 heteroatoms. The first-order valence-corrected chi connectivity index (χ1v) is 31.8. The molecule has 5 N–H and O–H groups in total. The molecule has 0 aromatic rings. The van der Waals surface area contributed by atoms with Gasteiger partial charge in [-0.05, 0) is 101 Å². The Bertz CT molecular complexity index is 2390. The molecular formula is C63H113N11O12S. The highest BCUT2D eigenvalue weighted by atomic mass is 32.1. The van der Waals surface area contributed by atoms with Gasteiger partial charge in [0.25, 0.3) is 0 Å². The molecule has 11 amide bonds. The van der Waals surface area contributed by atoms with Crippen molar-refractivity contribution in [2.45, 2.75) is 229 Å². The molecule has 1 aliphatic rings. The molecule has 23 nitrogen and oxygen atoms in total. The summed E-state index contributed by atoms with van der Waals surface area (Å²) >= 11 is 4.50. The van der Waals surface area contributed by atoms with Gasteiger partial charge >= 0.3 is 0 Å². The number of nitrogens with zero attached hydrogens (tertiary/aromatic N) is 7. The van der Waals surface area contributed by atoms with Gasteiger partial charge < -0.3 is 60.7 Å². The molecule has 0 radical (unpaired) electrons. The van der Waals surface area contributed by atoms with Gasteiger partial charge in [0.15, 0.2) is 0 Å². The summed E-state index contributed by atoms with van der Waals surface area (Å²) in [5, 5.41) is 23.2. The third-order valence-corrected chi connectivity index (χ3v) is 16.9. The molecule has 0 saturated carbocycles. The first-order chi connectivity index (χ1) is 40.2. The molecule has 87 heavy (non-hydrogen) atoms. The molecule has 0 bridgehead atoms. The van der Waals surface area contributed by atoms with Crippen LogP contribution in [0.1, 0.15) is 156 Å². The van der Waals surface area contributed by atoms with Gasteiger partial charge in [-0.3, -0.25) is 52.7 Å². The predicted molar refractivity (Wildman–Crippen MR) is 341 cm³/mol. The Morgan fingerprint density at radius 3 is 1.24 bits per heavy atom. The summed E-state index contributed by atoms with van der Waals surface area (Å²) in [7, 11) is 9.90. The molecule has 0 unspecified atom stereocenters. The number of hydrogen-bond acceptors (Lipinski definition) is 13. The van der Waals surface area contributed by atoms with Gasteiger partial charge in [0.05, 0.1) is 6.10 Å². The maximum Gasteiger partial charge on any atom is 0.246 e. The molecule has 498 valence electrons. The van der Waals surface area contributed by atoms with Crippen LogP contribution in [0.5, 0.6) is 0 Å². The Morgan fingerprint density at radius 1 is 0.437 bits per heavy atom. The molecule has 0 aromatic carbocycles. The Morgan fingerprint density at radius 2 is 0.816 bits per heavy atom. The van der Waals surface area contributed by atoms with E-state index < -0.39 is 155 Å². The number of allylic oxidation sites excluding steroid dienone is 2. The summed E-state index contributed by atoms with van der Waals surface area (Å²) in [4.78, 5) is 170. The fourth-order valence-corrected chi connectivity index (χ4v) is 11.4.